The van der Waals surface area contributed by atoms with Crippen molar-refractivity contribution in [1.82, 2.24) is 20.2 Å². The standard InChI is InChI=1S/C29H34F3N5O4/c1-16-5-8-18(9-6-16)37-15-40-24-13-23-22(12-19(24)25(37)38)35-26(36-23)34-21-11-17(7-10-20(21)29(30,31)32)14-33-27(39)41-28(2,3)4/h7,10-13,16,18H,5-6,8-9,14-15H2,1-4H3,(H,33,39)(H2,34,35,36). The Labute approximate surface area is 235 Å². The number of carbonyl (C=O) groups excluding carboxylic acids is 2. The number of nitrogens with zero attached hydrogens (tertiary/aromatic N) is 2. The summed E-state index contributed by atoms with van der Waals surface area (Å²) in [5.74, 6) is 0.985. The van der Waals surface area contributed by atoms with E-state index in [1.807, 2.05) is 0 Å². The second-order valence-electron chi connectivity index (χ2n) is 11.8. The van der Waals surface area contributed by atoms with Crippen LogP contribution in [0.3, 0.4) is 0 Å². The average Bonchev–Trinajstić information content (AvgIpc) is 3.27. The van der Waals surface area contributed by atoms with E-state index in [0.717, 1.165) is 31.7 Å². The molecule has 0 radical (unpaired) electrons. The fraction of sp³-hybridized carbons (Fsp3) is 0.483. The Bertz CT molecular complexity index is 1460. The van der Waals surface area contributed by atoms with Crippen LogP contribution in [0.25, 0.3) is 11.0 Å². The molecule has 0 bridgehead atoms. The maximum Gasteiger partial charge on any atom is 0.418 e. The van der Waals surface area contributed by atoms with Gasteiger partial charge in [-0.25, -0.2) is 9.78 Å². The summed E-state index contributed by atoms with van der Waals surface area (Å²) in [5, 5.41) is 5.28. The van der Waals surface area contributed by atoms with Crippen molar-refractivity contribution in [3.8, 4) is 5.75 Å². The molecule has 1 fully saturated rings. The van der Waals surface area contributed by atoms with Gasteiger partial charge < -0.3 is 30.0 Å². The van der Waals surface area contributed by atoms with E-state index >= 15 is 0 Å². The van der Waals surface area contributed by atoms with Crippen molar-refractivity contribution in [1.29, 1.82) is 0 Å². The van der Waals surface area contributed by atoms with Crippen LogP contribution in [0, 0.1) is 5.92 Å². The molecule has 2 aliphatic rings. The number of alkyl carbamates (subject to hydrolysis) is 1. The quantitative estimate of drug-likeness (QED) is 0.313. The fourth-order valence-corrected chi connectivity index (χ4v) is 5.23. The van der Waals surface area contributed by atoms with E-state index in [9.17, 15) is 22.8 Å². The zero-order valence-corrected chi connectivity index (χ0v) is 23.4. The van der Waals surface area contributed by atoms with Gasteiger partial charge in [0.1, 0.15) is 11.4 Å². The van der Waals surface area contributed by atoms with E-state index in [2.05, 4.69) is 27.5 Å². The molecule has 1 aliphatic carbocycles. The first-order valence-corrected chi connectivity index (χ1v) is 13.7. The molecule has 2 aromatic carbocycles. The third-order valence-electron chi connectivity index (χ3n) is 7.34. The largest absolute Gasteiger partial charge is 0.472 e. The summed E-state index contributed by atoms with van der Waals surface area (Å²) in [6.45, 7) is 7.48. The summed E-state index contributed by atoms with van der Waals surface area (Å²) in [5.41, 5.74) is -0.101. The Hall–Kier alpha value is -3.96. The van der Waals surface area contributed by atoms with Crippen molar-refractivity contribution in [2.75, 3.05) is 12.0 Å². The number of fused-ring (bicyclic) bond motifs is 2. The second kappa shape index (κ2) is 10.8. The van der Waals surface area contributed by atoms with Crippen LogP contribution in [0.2, 0.25) is 0 Å². The van der Waals surface area contributed by atoms with Crippen molar-refractivity contribution in [2.24, 2.45) is 5.92 Å². The fourth-order valence-electron chi connectivity index (χ4n) is 5.23. The minimum absolute atomic E-state index is 0.0373. The molecule has 2 amide bonds. The van der Waals surface area contributed by atoms with E-state index in [4.69, 9.17) is 9.47 Å². The lowest BCUT2D eigenvalue weighted by Gasteiger charge is -2.38. The molecule has 220 valence electrons. The van der Waals surface area contributed by atoms with Gasteiger partial charge in [-0.3, -0.25) is 4.79 Å². The van der Waals surface area contributed by atoms with Crippen LogP contribution in [-0.2, 0) is 17.5 Å². The van der Waals surface area contributed by atoms with Gasteiger partial charge in [-0.1, -0.05) is 13.0 Å². The number of amides is 2. The van der Waals surface area contributed by atoms with Crippen molar-refractivity contribution in [3.63, 3.8) is 0 Å². The molecule has 0 unspecified atom stereocenters. The number of ether oxygens (including phenoxy) is 2. The van der Waals surface area contributed by atoms with Gasteiger partial charge in [-0.15, -0.1) is 0 Å². The van der Waals surface area contributed by atoms with E-state index < -0.39 is 23.4 Å². The van der Waals surface area contributed by atoms with Crippen LogP contribution in [-0.4, -0.2) is 45.2 Å². The number of anilines is 2. The van der Waals surface area contributed by atoms with Gasteiger partial charge in [0.05, 0.1) is 27.8 Å². The van der Waals surface area contributed by atoms with Gasteiger partial charge in [0.2, 0.25) is 5.95 Å². The van der Waals surface area contributed by atoms with E-state index in [-0.39, 0.29) is 36.9 Å². The Morgan fingerprint density at radius 2 is 1.88 bits per heavy atom. The summed E-state index contributed by atoms with van der Waals surface area (Å²) in [6.07, 6.45) is -1.32. The minimum atomic E-state index is -4.63. The first kappa shape index (κ1) is 28.6. The molecule has 0 saturated heterocycles. The monoisotopic (exact) mass is 573 g/mol. The summed E-state index contributed by atoms with van der Waals surface area (Å²) in [7, 11) is 0. The summed E-state index contributed by atoms with van der Waals surface area (Å²) in [4.78, 5) is 34.5. The number of alkyl halides is 3. The number of imidazole rings is 1. The number of aromatic amines is 1. The van der Waals surface area contributed by atoms with E-state index in [0.29, 0.717) is 33.8 Å². The lowest BCUT2D eigenvalue weighted by Crippen LogP contribution is -2.46. The third kappa shape index (κ3) is 6.52. The number of hydrogen-bond donors (Lipinski definition) is 3. The average molecular weight is 574 g/mol. The van der Waals surface area contributed by atoms with Crippen LogP contribution in [0.1, 0.15) is 74.9 Å². The zero-order chi connectivity index (χ0) is 29.5. The maximum absolute atomic E-state index is 13.8. The second-order valence-corrected chi connectivity index (χ2v) is 11.8. The smallest absolute Gasteiger partial charge is 0.418 e. The SMILES string of the molecule is CC1CCC(N2COc3cc4nc(Nc5cc(CNC(=O)OC(C)(C)C)ccc5C(F)(F)F)[nH]c4cc3C2=O)CC1. The van der Waals surface area contributed by atoms with Crippen LogP contribution in [0.4, 0.5) is 29.6 Å². The van der Waals surface area contributed by atoms with Gasteiger partial charge in [0, 0.05) is 18.7 Å². The topological polar surface area (TPSA) is 109 Å². The van der Waals surface area contributed by atoms with Crippen molar-refractivity contribution in [3.05, 3.63) is 47.0 Å². The Morgan fingerprint density at radius 1 is 1.15 bits per heavy atom. The highest BCUT2D eigenvalue weighted by Crippen LogP contribution is 2.38. The molecule has 5 rings (SSSR count). The zero-order valence-electron chi connectivity index (χ0n) is 23.4. The van der Waals surface area contributed by atoms with Crippen LogP contribution in [0.5, 0.6) is 5.75 Å². The van der Waals surface area contributed by atoms with Crippen molar-refractivity contribution < 1.29 is 32.2 Å². The Kier molecular flexibility index (Phi) is 7.52. The highest BCUT2D eigenvalue weighted by atomic mass is 19.4. The molecular weight excluding hydrogens is 539 g/mol. The number of hydrogen-bond acceptors (Lipinski definition) is 6. The Morgan fingerprint density at radius 3 is 2.56 bits per heavy atom. The molecule has 12 heteroatoms. The van der Waals surface area contributed by atoms with Gasteiger partial charge in [-0.05, 0) is 76.1 Å². The summed E-state index contributed by atoms with van der Waals surface area (Å²) in [6, 6.07) is 6.92. The minimum Gasteiger partial charge on any atom is -0.472 e. The number of benzene rings is 2. The molecule has 0 spiro atoms. The van der Waals surface area contributed by atoms with Gasteiger partial charge >= 0.3 is 12.3 Å². The number of halogens is 3. The van der Waals surface area contributed by atoms with Gasteiger partial charge in [0.15, 0.2) is 6.73 Å². The van der Waals surface area contributed by atoms with E-state index in [1.165, 1.54) is 12.1 Å². The lowest BCUT2D eigenvalue weighted by molar-refractivity contribution is -0.136. The predicted octanol–water partition coefficient (Wildman–Crippen LogP) is 6.72. The molecule has 3 N–H and O–H groups in total. The summed E-state index contributed by atoms with van der Waals surface area (Å²) >= 11 is 0. The first-order chi connectivity index (χ1) is 19.3. The van der Waals surface area contributed by atoms with Crippen LogP contribution in [0.15, 0.2) is 30.3 Å². The predicted molar refractivity (Wildman–Crippen MR) is 147 cm³/mol. The molecule has 9 nitrogen and oxygen atoms in total. The molecule has 1 aliphatic heterocycles. The van der Waals surface area contributed by atoms with Gasteiger partial charge in [-0.2, -0.15) is 13.2 Å². The van der Waals surface area contributed by atoms with Crippen LogP contribution >= 0.6 is 0 Å². The lowest BCUT2D eigenvalue weighted by atomic mass is 9.86. The van der Waals surface area contributed by atoms with Crippen molar-refractivity contribution in [2.45, 2.75) is 77.7 Å². The highest BCUT2D eigenvalue weighted by molar-refractivity contribution is 6.01. The normalized spacial score (nSPS) is 19.5. The number of nitrogens with one attached hydrogen (secondary N) is 3. The molecule has 2 heterocycles. The molecule has 0 atom stereocenters. The highest BCUT2D eigenvalue weighted by Gasteiger charge is 2.35. The molecule has 41 heavy (non-hydrogen) atoms. The molecule has 1 aromatic heterocycles. The number of carbonyl (C=O) groups is 2. The number of rotatable bonds is 5. The van der Waals surface area contributed by atoms with Gasteiger partial charge in [0.25, 0.3) is 5.91 Å². The first-order valence-electron chi connectivity index (χ1n) is 13.7. The molecular formula is C29H34F3N5O4. The van der Waals surface area contributed by atoms with Crippen molar-refractivity contribution >= 4 is 34.7 Å². The Balaban J connectivity index is 1.37. The van der Waals surface area contributed by atoms with Crippen LogP contribution < -0.4 is 15.4 Å². The maximum atomic E-state index is 13.8. The number of H-pyrrole nitrogens is 1. The number of aromatic nitrogens is 2. The molecule has 1 saturated carbocycles. The third-order valence-corrected chi connectivity index (χ3v) is 7.34. The molecule has 3 aromatic rings. The summed E-state index contributed by atoms with van der Waals surface area (Å²) < 4.78 is 52.6. The van der Waals surface area contributed by atoms with E-state index in [1.54, 1.807) is 37.8 Å².